The van der Waals surface area contributed by atoms with Gasteiger partial charge < -0.3 is 10.2 Å². The molecular formula is C12H16N2O2. The summed E-state index contributed by atoms with van der Waals surface area (Å²) < 4.78 is 4.95. The zero-order valence-corrected chi connectivity index (χ0v) is 9.49. The first-order chi connectivity index (χ1) is 7.61. The fraction of sp³-hybridized carbons (Fsp3) is 0.417. The Morgan fingerprint density at radius 2 is 2.19 bits per heavy atom. The van der Waals surface area contributed by atoms with E-state index in [4.69, 9.17) is 10.2 Å². The summed E-state index contributed by atoms with van der Waals surface area (Å²) >= 11 is 0. The third-order valence-electron chi connectivity index (χ3n) is 2.93. The molecule has 3 N–H and O–H groups in total. The smallest absolute Gasteiger partial charge is 0.408 e. The number of oxazole rings is 1. The van der Waals surface area contributed by atoms with Gasteiger partial charge in [-0.1, -0.05) is 19.9 Å². The van der Waals surface area contributed by atoms with Crippen molar-refractivity contribution in [3.63, 3.8) is 0 Å². The van der Waals surface area contributed by atoms with Crippen molar-refractivity contribution in [1.29, 1.82) is 0 Å². The number of benzene rings is 1. The largest absolute Gasteiger partial charge is 0.417 e. The van der Waals surface area contributed by atoms with Crippen LogP contribution in [0.3, 0.4) is 0 Å². The van der Waals surface area contributed by atoms with Gasteiger partial charge in [0.05, 0.1) is 5.52 Å². The minimum absolute atomic E-state index is 0.308. The van der Waals surface area contributed by atoms with Gasteiger partial charge in [0.1, 0.15) is 0 Å². The van der Waals surface area contributed by atoms with Crippen molar-refractivity contribution in [1.82, 2.24) is 4.98 Å². The molecule has 1 heterocycles. The molecule has 1 unspecified atom stereocenters. The topological polar surface area (TPSA) is 72.0 Å². The average molecular weight is 220 g/mol. The Labute approximate surface area is 93.5 Å². The molecule has 1 atom stereocenters. The number of rotatable bonds is 3. The second kappa shape index (κ2) is 4.14. The van der Waals surface area contributed by atoms with Gasteiger partial charge in [-0.15, -0.1) is 0 Å². The predicted molar refractivity (Wildman–Crippen MR) is 63.5 cm³/mol. The number of hydrogen-bond acceptors (Lipinski definition) is 3. The molecule has 0 spiro atoms. The van der Waals surface area contributed by atoms with Crippen LogP contribution >= 0.6 is 0 Å². The fourth-order valence-electron chi connectivity index (χ4n) is 1.99. The Bertz CT molecular complexity index is 539. The van der Waals surface area contributed by atoms with Crippen molar-refractivity contribution < 1.29 is 4.42 Å². The van der Waals surface area contributed by atoms with Crippen LogP contribution in [0.5, 0.6) is 0 Å². The van der Waals surface area contributed by atoms with Crippen molar-refractivity contribution in [3.8, 4) is 0 Å². The van der Waals surface area contributed by atoms with Gasteiger partial charge in [-0.2, -0.15) is 0 Å². The summed E-state index contributed by atoms with van der Waals surface area (Å²) in [7, 11) is 0. The van der Waals surface area contributed by atoms with Gasteiger partial charge in [0.25, 0.3) is 0 Å². The van der Waals surface area contributed by atoms with Gasteiger partial charge in [0.2, 0.25) is 0 Å². The summed E-state index contributed by atoms with van der Waals surface area (Å²) in [4.78, 5) is 13.7. The molecule has 16 heavy (non-hydrogen) atoms. The number of aromatic amines is 1. The summed E-state index contributed by atoms with van der Waals surface area (Å²) in [5, 5.41) is 0. The second-order valence-corrected chi connectivity index (χ2v) is 4.36. The van der Waals surface area contributed by atoms with E-state index in [9.17, 15) is 4.79 Å². The number of H-pyrrole nitrogens is 1. The number of nitrogens with two attached hydrogens (primary N) is 1. The zero-order chi connectivity index (χ0) is 11.7. The molecule has 4 nitrogen and oxygen atoms in total. The lowest BCUT2D eigenvalue weighted by atomic mass is 9.88. The van der Waals surface area contributed by atoms with Crippen molar-refractivity contribution in [2.45, 2.75) is 19.8 Å². The van der Waals surface area contributed by atoms with Crippen LogP contribution in [0.15, 0.2) is 27.4 Å². The third-order valence-corrected chi connectivity index (χ3v) is 2.93. The molecule has 0 bridgehead atoms. The minimum Gasteiger partial charge on any atom is -0.408 e. The van der Waals surface area contributed by atoms with Crippen LogP contribution in [0.2, 0.25) is 0 Å². The SMILES string of the molecule is CC(C)C(CN)c1ccc2oc(=O)[nH]c2c1. The van der Waals surface area contributed by atoms with Gasteiger partial charge >= 0.3 is 5.76 Å². The highest BCUT2D eigenvalue weighted by Crippen LogP contribution is 2.25. The Kier molecular flexibility index (Phi) is 2.83. The van der Waals surface area contributed by atoms with Crippen molar-refractivity contribution in [2.75, 3.05) is 6.54 Å². The van der Waals surface area contributed by atoms with Crippen LogP contribution < -0.4 is 11.5 Å². The molecular weight excluding hydrogens is 204 g/mol. The number of aromatic nitrogens is 1. The third kappa shape index (κ3) is 1.88. The Morgan fingerprint density at radius 3 is 2.81 bits per heavy atom. The molecule has 2 aromatic rings. The lowest BCUT2D eigenvalue weighted by Gasteiger charge is -2.18. The van der Waals surface area contributed by atoms with Crippen molar-refractivity contribution >= 4 is 11.1 Å². The molecule has 0 fully saturated rings. The van der Waals surface area contributed by atoms with E-state index in [0.717, 1.165) is 11.1 Å². The monoisotopic (exact) mass is 220 g/mol. The van der Waals surface area contributed by atoms with E-state index in [2.05, 4.69) is 18.8 Å². The van der Waals surface area contributed by atoms with Crippen LogP contribution in [0.4, 0.5) is 0 Å². The maximum Gasteiger partial charge on any atom is 0.417 e. The average Bonchev–Trinajstić information content (AvgIpc) is 2.57. The summed E-state index contributed by atoms with van der Waals surface area (Å²) in [6.07, 6.45) is 0. The highest BCUT2D eigenvalue weighted by molar-refractivity contribution is 5.73. The first-order valence-electron chi connectivity index (χ1n) is 5.44. The minimum atomic E-state index is -0.416. The molecule has 4 heteroatoms. The Hall–Kier alpha value is -1.55. The summed E-state index contributed by atoms with van der Waals surface area (Å²) in [6.45, 7) is 4.88. The van der Waals surface area contributed by atoms with E-state index in [-0.39, 0.29) is 0 Å². The number of fused-ring (bicyclic) bond motifs is 1. The predicted octanol–water partition coefficient (Wildman–Crippen LogP) is 1.82. The van der Waals surface area contributed by atoms with Gasteiger partial charge in [0.15, 0.2) is 5.58 Å². The van der Waals surface area contributed by atoms with E-state index in [0.29, 0.717) is 24.0 Å². The molecule has 2 rings (SSSR count). The molecule has 0 aliphatic rings. The number of hydrogen-bond donors (Lipinski definition) is 2. The highest BCUT2D eigenvalue weighted by atomic mass is 16.4. The highest BCUT2D eigenvalue weighted by Gasteiger charge is 2.15. The normalized spacial score (nSPS) is 13.5. The summed E-state index contributed by atoms with van der Waals surface area (Å²) in [6, 6.07) is 5.72. The standard InChI is InChI=1S/C12H16N2O2/c1-7(2)9(6-13)8-3-4-11-10(5-8)14-12(15)16-11/h3-5,7,9H,6,13H2,1-2H3,(H,14,15). The Balaban J connectivity index is 2.48. The quantitative estimate of drug-likeness (QED) is 0.828. The van der Waals surface area contributed by atoms with E-state index in [1.807, 2.05) is 18.2 Å². The maximum absolute atomic E-state index is 11.0. The lowest BCUT2D eigenvalue weighted by molar-refractivity contribution is 0.506. The van der Waals surface area contributed by atoms with Gasteiger partial charge in [-0.3, -0.25) is 4.98 Å². The van der Waals surface area contributed by atoms with E-state index in [1.165, 1.54) is 0 Å². The van der Waals surface area contributed by atoms with E-state index in [1.54, 1.807) is 0 Å². The van der Waals surface area contributed by atoms with Crippen LogP contribution in [-0.4, -0.2) is 11.5 Å². The van der Waals surface area contributed by atoms with Gasteiger partial charge in [-0.25, -0.2) is 4.79 Å². The fourth-order valence-corrected chi connectivity index (χ4v) is 1.99. The van der Waals surface area contributed by atoms with E-state index < -0.39 is 5.76 Å². The maximum atomic E-state index is 11.0. The van der Waals surface area contributed by atoms with Crippen LogP contribution in [0, 0.1) is 5.92 Å². The molecule has 0 amide bonds. The molecule has 1 aromatic heterocycles. The van der Waals surface area contributed by atoms with Crippen molar-refractivity contribution in [2.24, 2.45) is 11.7 Å². The molecule has 0 radical (unpaired) electrons. The molecule has 0 aliphatic carbocycles. The second-order valence-electron chi connectivity index (χ2n) is 4.36. The van der Waals surface area contributed by atoms with Crippen LogP contribution in [0.25, 0.3) is 11.1 Å². The van der Waals surface area contributed by atoms with E-state index >= 15 is 0 Å². The van der Waals surface area contributed by atoms with Crippen molar-refractivity contribution in [3.05, 3.63) is 34.3 Å². The van der Waals surface area contributed by atoms with Gasteiger partial charge in [-0.05, 0) is 36.1 Å². The zero-order valence-electron chi connectivity index (χ0n) is 9.49. The van der Waals surface area contributed by atoms with Crippen LogP contribution in [0.1, 0.15) is 25.3 Å². The molecule has 0 aliphatic heterocycles. The summed E-state index contributed by atoms with van der Waals surface area (Å²) in [5.41, 5.74) is 8.23. The number of nitrogens with one attached hydrogen (secondary N) is 1. The molecule has 0 saturated carbocycles. The molecule has 86 valence electrons. The first-order valence-corrected chi connectivity index (χ1v) is 5.44. The molecule has 0 saturated heterocycles. The lowest BCUT2D eigenvalue weighted by Crippen LogP contribution is -2.17. The summed E-state index contributed by atoms with van der Waals surface area (Å²) in [5.74, 6) is 0.366. The van der Waals surface area contributed by atoms with Crippen LogP contribution in [-0.2, 0) is 0 Å². The Morgan fingerprint density at radius 1 is 1.44 bits per heavy atom. The molecule has 1 aromatic carbocycles. The van der Waals surface area contributed by atoms with Gasteiger partial charge in [0, 0.05) is 0 Å². The first kappa shape index (κ1) is 11.0.